The Hall–Kier alpha value is -2.37. The van der Waals surface area contributed by atoms with Gasteiger partial charge in [-0.15, -0.1) is 0 Å². The number of nitrogens with zero attached hydrogens (tertiary/aromatic N) is 2. The number of aliphatic imine (C=N–C) groups is 1. The highest BCUT2D eigenvalue weighted by atomic mass is 19.4. The molecular formula is C19H20F4N2. The van der Waals surface area contributed by atoms with Gasteiger partial charge < -0.3 is 4.90 Å². The highest BCUT2D eigenvalue weighted by molar-refractivity contribution is 5.62. The van der Waals surface area contributed by atoms with Crippen molar-refractivity contribution in [2.45, 2.75) is 26.4 Å². The van der Waals surface area contributed by atoms with Gasteiger partial charge in [0.2, 0.25) is 0 Å². The molecule has 0 amide bonds. The van der Waals surface area contributed by atoms with E-state index in [4.69, 9.17) is 0 Å². The Labute approximate surface area is 144 Å². The molecule has 134 valence electrons. The molecule has 25 heavy (non-hydrogen) atoms. The topological polar surface area (TPSA) is 15.6 Å². The second kappa shape index (κ2) is 7.68. The fourth-order valence-corrected chi connectivity index (χ4v) is 2.40. The first-order chi connectivity index (χ1) is 11.7. The van der Waals surface area contributed by atoms with Gasteiger partial charge in [-0.2, -0.15) is 13.2 Å². The molecule has 2 aromatic carbocycles. The van der Waals surface area contributed by atoms with Crippen LogP contribution in [0.25, 0.3) is 0 Å². The summed E-state index contributed by atoms with van der Waals surface area (Å²) in [5.74, 6) is -0.767. The zero-order valence-corrected chi connectivity index (χ0v) is 14.4. The molecule has 0 saturated carbocycles. The van der Waals surface area contributed by atoms with Crippen LogP contribution < -0.4 is 0 Å². The SMILES string of the molecule is CCN(C)/C=N/c1cc(C(F)(F)F)c(Cc2cccc(C)c2)cc1F. The van der Waals surface area contributed by atoms with Crippen LogP contribution in [0.4, 0.5) is 23.2 Å². The summed E-state index contributed by atoms with van der Waals surface area (Å²) in [4.78, 5) is 5.49. The molecule has 0 spiro atoms. The molecule has 0 aliphatic heterocycles. The van der Waals surface area contributed by atoms with Gasteiger partial charge in [-0.25, -0.2) is 9.38 Å². The standard InChI is InChI=1S/C19H20F4N2/c1-4-25(3)12-24-18-11-16(19(21,22)23)15(10-17(18)20)9-14-7-5-6-13(2)8-14/h5-8,10-12H,4,9H2,1-3H3/b24-12+. The predicted octanol–water partition coefficient (Wildman–Crippen LogP) is 5.36. The molecule has 0 aromatic heterocycles. The molecule has 2 aromatic rings. The molecule has 0 fully saturated rings. The largest absolute Gasteiger partial charge is 0.416 e. The van der Waals surface area contributed by atoms with Crippen molar-refractivity contribution < 1.29 is 17.6 Å². The van der Waals surface area contributed by atoms with Crippen LogP contribution in [-0.2, 0) is 12.6 Å². The van der Waals surface area contributed by atoms with E-state index < -0.39 is 17.6 Å². The summed E-state index contributed by atoms with van der Waals surface area (Å²) in [7, 11) is 1.71. The van der Waals surface area contributed by atoms with Crippen LogP contribution in [0.5, 0.6) is 0 Å². The van der Waals surface area contributed by atoms with Gasteiger partial charge in [-0.3, -0.25) is 0 Å². The van der Waals surface area contributed by atoms with Crippen molar-refractivity contribution >= 4 is 12.0 Å². The average Bonchev–Trinajstić information content (AvgIpc) is 2.52. The third kappa shape index (κ3) is 5.05. The van der Waals surface area contributed by atoms with Crippen molar-refractivity contribution in [2.75, 3.05) is 13.6 Å². The number of hydrogen-bond donors (Lipinski definition) is 0. The van der Waals surface area contributed by atoms with E-state index in [-0.39, 0.29) is 17.7 Å². The molecule has 2 rings (SSSR count). The van der Waals surface area contributed by atoms with Crippen molar-refractivity contribution in [1.82, 2.24) is 4.90 Å². The Morgan fingerprint density at radius 1 is 1.16 bits per heavy atom. The van der Waals surface area contributed by atoms with Gasteiger partial charge in [0.1, 0.15) is 11.5 Å². The molecule has 0 radical (unpaired) electrons. The maximum Gasteiger partial charge on any atom is 0.416 e. The Balaban J connectivity index is 2.45. The predicted molar refractivity (Wildman–Crippen MR) is 91.8 cm³/mol. The van der Waals surface area contributed by atoms with Gasteiger partial charge in [-0.1, -0.05) is 29.8 Å². The minimum Gasteiger partial charge on any atom is -0.366 e. The van der Waals surface area contributed by atoms with Crippen molar-refractivity contribution in [2.24, 2.45) is 4.99 Å². The van der Waals surface area contributed by atoms with Crippen molar-refractivity contribution in [3.8, 4) is 0 Å². The Morgan fingerprint density at radius 3 is 2.48 bits per heavy atom. The van der Waals surface area contributed by atoms with Gasteiger partial charge in [0.25, 0.3) is 0 Å². The van der Waals surface area contributed by atoms with Crippen LogP contribution in [-0.4, -0.2) is 24.8 Å². The molecule has 2 nitrogen and oxygen atoms in total. The summed E-state index contributed by atoms with van der Waals surface area (Å²) in [6, 6.07) is 8.86. The van der Waals surface area contributed by atoms with Crippen LogP contribution in [0, 0.1) is 12.7 Å². The number of alkyl halides is 3. The number of benzene rings is 2. The number of hydrogen-bond acceptors (Lipinski definition) is 1. The van der Waals surface area contributed by atoms with Crippen LogP contribution in [0.1, 0.15) is 29.2 Å². The highest BCUT2D eigenvalue weighted by Crippen LogP contribution is 2.36. The molecule has 0 N–H and O–H groups in total. The first-order valence-corrected chi connectivity index (χ1v) is 7.90. The summed E-state index contributed by atoms with van der Waals surface area (Å²) in [6.07, 6.45) is -3.25. The normalized spacial score (nSPS) is 12.0. The Bertz CT molecular complexity index is 767. The van der Waals surface area contributed by atoms with E-state index >= 15 is 0 Å². The van der Waals surface area contributed by atoms with Crippen LogP contribution in [0.15, 0.2) is 41.4 Å². The van der Waals surface area contributed by atoms with E-state index in [1.54, 1.807) is 30.1 Å². The van der Waals surface area contributed by atoms with Gasteiger partial charge >= 0.3 is 6.18 Å². The Morgan fingerprint density at radius 2 is 1.88 bits per heavy atom. The molecule has 0 heterocycles. The zero-order valence-electron chi connectivity index (χ0n) is 14.4. The monoisotopic (exact) mass is 352 g/mol. The molecule has 0 atom stereocenters. The highest BCUT2D eigenvalue weighted by Gasteiger charge is 2.34. The third-order valence-corrected chi connectivity index (χ3v) is 3.85. The maximum atomic E-state index is 14.3. The smallest absolute Gasteiger partial charge is 0.366 e. The first kappa shape index (κ1) is 19.0. The van der Waals surface area contributed by atoms with Crippen molar-refractivity contribution in [3.63, 3.8) is 0 Å². The second-order valence-corrected chi connectivity index (χ2v) is 5.94. The summed E-state index contributed by atoms with van der Waals surface area (Å²) in [5, 5.41) is 0. The van der Waals surface area contributed by atoms with E-state index in [0.717, 1.165) is 17.7 Å². The maximum absolute atomic E-state index is 14.3. The van der Waals surface area contributed by atoms with Gasteiger partial charge in [0, 0.05) is 13.6 Å². The molecular weight excluding hydrogens is 332 g/mol. The summed E-state index contributed by atoms with van der Waals surface area (Å²) in [5.41, 5.74) is 0.364. The molecule has 0 aliphatic rings. The van der Waals surface area contributed by atoms with Gasteiger partial charge in [-0.05, 0) is 43.5 Å². The van der Waals surface area contributed by atoms with Gasteiger partial charge in [0.15, 0.2) is 0 Å². The molecule has 0 unspecified atom stereocenters. The number of halogens is 4. The Kier molecular flexibility index (Phi) is 5.82. The van der Waals surface area contributed by atoms with Crippen LogP contribution in [0.3, 0.4) is 0 Å². The van der Waals surface area contributed by atoms with E-state index in [2.05, 4.69) is 4.99 Å². The summed E-state index contributed by atoms with van der Waals surface area (Å²) >= 11 is 0. The fourth-order valence-electron chi connectivity index (χ4n) is 2.40. The minimum atomic E-state index is -4.58. The van der Waals surface area contributed by atoms with E-state index in [9.17, 15) is 17.6 Å². The minimum absolute atomic E-state index is 0.00625. The van der Waals surface area contributed by atoms with E-state index in [1.807, 2.05) is 19.9 Å². The second-order valence-electron chi connectivity index (χ2n) is 5.94. The lowest BCUT2D eigenvalue weighted by Gasteiger charge is -2.15. The molecule has 0 aliphatic carbocycles. The first-order valence-electron chi connectivity index (χ1n) is 7.90. The van der Waals surface area contributed by atoms with Crippen LogP contribution in [0.2, 0.25) is 0 Å². The fraction of sp³-hybridized carbons (Fsp3) is 0.316. The van der Waals surface area contributed by atoms with Gasteiger partial charge in [0.05, 0.1) is 11.9 Å². The summed E-state index contributed by atoms with van der Waals surface area (Å²) < 4.78 is 54.5. The van der Waals surface area contributed by atoms with Crippen molar-refractivity contribution in [1.29, 1.82) is 0 Å². The lowest BCUT2D eigenvalue weighted by molar-refractivity contribution is -0.138. The third-order valence-electron chi connectivity index (χ3n) is 3.85. The average molecular weight is 352 g/mol. The van der Waals surface area contributed by atoms with Crippen molar-refractivity contribution in [3.05, 3.63) is 64.5 Å². The van der Waals surface area contributed by atoms with Crippen LogP contribution >= 0.6 is 0 Å². The molecule has 6 heteroatoms. The zero-order chi connectivity index (χ0) is 18.6. The molecule has 0 saturated heterocycles. The quantitative estimate of drug-likeness (QED) is 0.402. The lowest BCUT2D eigenvalue weighted by atomic mass is 9.97. The van der Waals surface area contributed by atoms with E-state index in [0.29, 0.717) is 12.1 Å². The lowest BCUT2D eigenvalue weighted by Crippen LogP contribution is -2.14. The number of rotatable bonds is 5. The number of aryl methyl sites for hydroxylation is 1. The van der Waals surface area contributed by atoms with E-state index in [1.165, 1.54) is 6.34 Å². The summed E-state index contributed by atoms with van der Waals surface area (Å²) in [6.45, 7) is 4.33. The molecule has 0 bridgehead atoms.